The Kier molecular flexibility index (Phi) is 5.95. The first-order valence-corrected chi connectivity index (χ1v) is 5.52. The van der Waals surface area contributed by atoms with E-state index in [1.165, 1.54) is 4.90 Å². The predicted molar refractivity (Wildman–Crippen MR) is 63.6 cm³/mol. The van der Waals surface area contributed by atoms with Crippen molar-refractivity contribution in [2.75, 3.05) is 20.2 Å². The van der Waals surface area contributed by atoms with Crippen molar-refractivity contribution in [2.45, 2.75) is 39.3 Å². The van der Waals surface area contributed by atoms with Crippen molar-refractivity contribution < 1.29 is 19.4 Å². The maximum atomic E-state index is 11.7. The molecular formula is C11H22N2O4. The van der Waals surface area contributed by atoms with Crippen LogP contribution in [0.15, 0.2) is 0 Å². The van der Waals surface area contributed by atoms with Crippen LogP contribution in [0.3, 0.4) is 0 Å². The molecule has 0 aliphatic heterocycles. The van der Waals surface area contributed by atoms with Crippen LogP contribution in [-0.2, 0) is 9.53 Å². The van der Waals surface area contributed by atoms with Gasteiger partial charge in [0.2, 0.25) is 5.91 Å². The van der Waals surface area contributed by atoms with Crippen molar-refractivity contribution in [3.8, 4) is 0 Å². The second kappa shape index (κ2) is 6.44. The van der Waals surface area contributed by atoms with Gasteiger partial charge in [0.25, 0.3) is 0 Å². The zero-order valence-corrected chi connectivity index (χ0v) is 11.1. The third kappa shape index (κ3) is 6.78. The van der Waals surface area contributed by atoms with Gasteiger partial charge in [-0.3, -0.25) is 4.79 Å². The number of nitrogens with zero attached hydrogens (tertiary/aromatic N) is 1. The molecule has 100 valence electrons. The zero-order valence-electron chi connectivity index (χ0n) is 11.1. The van der Waals surface area contributed by atoms with Crippen LogP contribution >= 0.6 is 0 Å². The van der Waals surface area contributed by atoms with Crippen molar-refractivity contribution >= 4 is 12.0 Å². The van der Waals surface area contributed by atoms with E-state index in [1.54, 1.807) is 34.7 Å². The van der Waals surface area contributed by atoms with Crippen LogP contribution < -0.4 is 5.32 Å². The summed E-state index contributed by atoms with van der Waals surface area (Å²) in [4.78, 5) is 24.4. The van der Waals surface area contributed by atoms with E-state index < -0.39 is 17.7 Å². The van der Waals surface area contributed by atoms with Gasteiger partial charge >= 0.3 is 6.09 Å². The monoisotopic (exact) mass is 246 g/mol. The summed E-state index contributed by atoms with van der Waals surface area (Å²) in [6, 6.07) is -0.679. The SMILES string of the molecule is CC(NC(=O)OC(C)(C)C)C(=O)N(C)CCO. The van der Waals surface area contributed by atoms with Gasteiger partial charge in [0.15, 0.2) is 0 Å². The molecule has 0 saturated carbocycles. The lowest BCUT2D eigenvalue weighted by molar-refractivity contribution is -0.132. The normalized spacial score (nSPS) is 12.8. The number of rotatable bonds is 4. The van der Waals surface area contributed by atoms with Crippen LogP contribution in [0.2, 0.25) is 0 Å². The Hall–Kier alpha value is -1.30. The highest BCUT2D eigenvalue weighted by Gasteiger charge is 2.22. The molecule has 0 heterocycles. The minimum Gasteiger partial charge on any atom is -0.444 e. The van der Waals surface area contributed by atoms with Crippen LogP contribution in [0.5, 0.6) is 0 Å². The minimum absolute atomic E-state index is 0.110. The largest absolute Gasteiger partial charge is 0.444 e. The number of likely N-dealkylation sites (N-methyl/N-ethyl adjacent to an activating group) is 1. The summed E-state index contributed by atoms with van der Waals surface area (Å²) >= 11 is 0. The van der Waals surface area contributed by atoms with Crippen LogP contribution in [0, 0.1) is 0 Å². The van der Waals surface area contributed by atoms with Gasteiger partial charge in [-0.05, 0) is 27.7 Å². The van der Waals surface area contributed by atoms with Gasteiger partial charge in [0.05, 0.1) is 6.61 Å². The summed E-state index contributed by atoms with van der Waals surface area (Å²) in [5, 5.41) is 11.1. The van der Waals surface area contributed by atoms with E-state index in [4.69, 9.17) is 9.84 Å². The van der Waals surface area contributed by atoms with Crippen LogP contribution in [-0.4, -0.2) is 53.8 Å². The number of aliphatic hydroxyl groups is 1. The summed E-state index contributed by atoms with van der Waals surface area (Å²) in [5.41, 5.74) is -0.593. The molecule has 17 heavy (non-hydrogen) atoms. The molecule has 0 aromatic rings. The molecule has 0 fully saturated rings. The fourth-order valence-electron chi connectivity index (χ4n) is 1.14. The average molecular weight is 246 g/mol. The highest BCUT2D eigenvalue weighted by molar-refractivity contribution is 5.85. The summed E-state index contributed by atoms with van der Waals surface area (Å²) in [6.45, 7) is 6.94. The lowest BCUT2D eigenvalue weighted by atomic mass is 10.2. The molecule has 0 aromatic heterocycles. The third-order valence-corrected chi connectivity index (χ3v) is 1.92. The Morgan fingerprint density at radius 3 is 2.35 bits per heavy atom. The number of hydrogen-bond acceptors (Lipinski definition) is 4. The van der Waals surface area contributed by atoms with Crippen LogP contribution in [0.4, 0.5) is 4.79 Å². The van der Waals surface area contributed by atoms with Crippen molar-refractivity contribution in [2.24, 2.45) is 0 Å². The van der Waals surface area contributed by atoms with E-state index in [0.717, 1.165) is 0 Å². The third-order valence-electron chi connectivity index (χ3n) is 1.92. The number of carbonyl (C=O) groups excluding carboxylic acids is 2. The first-order chi connectivity index (χ1) is 7.67. The van der Waals surface area contributed by atoms with E-state index in [1.807, 2.05) is 0 Å². The lowest BCUT2D eigenvalue weighted by Gasteiger charge is -2.24. The van der Waals surface area contributed by atoms with Gasteiger partial charge in [0.1, 0.15) is 11.6 Å². The molecule has 0 aromatic carbocycles. The molecule has 6 nitrogen and oxygen atoms in total. The molecule has 0 aliphatic carbocycles. The van der Waals surface area contributed by atoms with Crippen molar-refractivity contribution in [3.63, 3.8) is 0 Å². The first kappa shape index (κ1) is 15.7. The molecule has 0 aliphatic rings. The van der Waals surface area contributed by atoms with Crippen molar-refractivity contribution in [1.29, 1.82) is 0 Å². The van der Waals surface area contributed by atoms with Gasteiger partial charge in [0, 0.05) is 13.6 Å². The molecule has 6 heteroatoms. The number of aliphatic hydroxyl groups excluding tert-OH is 1. The summed E-state index contributed by atoms with van der Waals surface area (Å²) < 4.78 is 5.03. The predicted octanol–water partition coefficient (Wildman–Crippen LogP) is 0.350. The molecular weight excluding hydrogens is 224 g/mol. The second-order valence-electron chi connectivity index (χ2n) is 4.85. The van der Waals surface area contributed by atoms with E-state index in [2.05, 4.69) is 5.32 Å². The summed E-state index contributed by atoms with van der Waals surface area (Å²) in [5.74, 6) is -0.273. The minimum atomic E-state index is -0.679. The Bertz CT molecular complexity index is 273. The standard InChI is InChI=1S/C11H22N2O4/c1-8(9(15)13(5)6-7-14)12-10(16)17-11(2,3)4/h8,14H,6-7H2,1-5H3,(H,12,16). The fourth-order valence-corrected chi connectivity index (χ4v) is 1.14. The van der Waals surface area contributed by atoms with E-state index in [0.29, 0.717) is 0 Å². The smallest absolute Gasteiger partial charge is 0.408 e. The molecule has 0 radical (unpaired) electrons. The average Bonchev–Trinajstić information content (AvgIpc) is 2.13. The topological polar surface area (TPSA) is 78.9 Å². The lowest BCUT2D eigenvalue weighted by Crippen LogP contribution is -2.47. The van der Waals surface area contributed by atoms with Crippen LogP contribution in [0.25, 0.3) is 0 Å². The number of amides is 2. The van der Waals surface area contributed by atoms with E-state index in [-0.39, 0.29) is 19.1 Å². The van der Waals surface area contributed by atoms with Crippen molar-refractivity contribution in [1.82, 2.24) is 10.2 Å². The molecule has 2 amide bonds. The van der Waals surface area contributed by atoms with Gasteiger partial charge < -0.3 is 20.1 Å². The molecule has 1 unspecified atom stereocenters. The second-order valence-corrected chi connectivity index (χ2v) is 4.85. The highest BCUT2D eigenvalue weighted by Crippen LogP contribution is 2.06. The summed E-state index contributed by atoms with van der Waals surface area (Å²) in [7, 11) is 1.56. The molecule has 1 atom stereocenters. The maximum absolute atomic E-state index is 11.7. The Labute approximate surface area is 102 Å². The first-order valence-electron chi connectivity index (χ1n) is 5.52. The Morgan fingerprint density at radius 1 is 1.41 bits per heavy atom. The number of alkyl carbamates (subject to hydrolysis) is 1. The molecule has 0 bridgehead atoms. The fraction of sp³-hybridized carbons (Fsp3) is 0.818. The van der Waals surface area contributed by atoms with Crippen LogP contribution in [0.1, 0.15) is 27.7 Å². The molecule has 0 spiro atoms. The number of nitrogens with one attached hydrogen (secondary N) is 1. The molecule has 2 N–H and O–H groups in total. The molecule has 0 saturated heterocycles. The van der Waals surface area contributed by atoms with E-state index in [9.17, 15) is 9.59 Å². The zero-order chi connectivity index (χ0) is 13.6. The highest BCUT2D eigenvalue weighted by atomic mass is 16.6. The Balaban J connectivity index is 4.21. The molecule has 0 rings (SSSR count). The number of ether oxygens (including phenoxy) is 1. The summed E-state index contributed by atoms with van der Waals surface area (Å²) in [6.07, 6.45) is -0.629. The van der Waals surface area contributed by atoms with Gasteiger partial charge in [-0.15, -0.1) is 0 Å². The van der Waals surface area contributed by atoms with E-state index >= 15 is 0 Å². The van der Waals surface area contributed by atoms with Gasteiger partial charge in [-0.25, -0.2) is 4.79 Å². The number of carbonyl (C=O) groups is 2. The quantitative estimate of drug-likeness (QED) is 0.750. The Morgan fingerprint density at radius 2 is 1.94 bits per heavy atom. The van der Waals surface area contributed by atoms with Crippen molar-refractivity contribution in [3.05, 3.63) is 0 Å². The maximum Gasteiger partial charge on any atom is 0.408 e. The number of hydrogen-bond donors (Lipinski definition) is 2. The van der Waals surface area contributed by atoms with Gasteiger partial charge in [-0.1, -0.05) is 0 Å². The van der Waals surface area contributed by atoms with Gasteiger partial charge in [-0.2, -0.15) is 0 Å².